The Kier molecular flexibility index (Phi) is 12.0. The normalized spacial score (nSPS) is 11.7. The minimum absolute atomic E-state index is 0.0136. The molecule has 0 saturated carbocycles. The summed E-state index contributed by atoms with van der Waals surface area (Å²) in [4.78, 5) is 23.1. The number of ether oxygens (including phenoxy) is 1. The highest BCUT2D eigenvalue weighted by atomic mass is 32.1. The molecule has 1 atom stereocenters. The van der Waals surface area contributed by atoms with Crippen LogP contribution in [0.2, 0.25) is 0 Å². The summed E-state index contributed by atoms with van der Waals surface area (Å²) in [5.74, 6) is 1.95. The Morgan fingerprint density at radius 1 is 1.07 bits per heavy atom. The number of unbranched alkanes of at least 4 members (excludes halogenated alkanes) is 2. The van der Waals surface area contributed by atoms with Crippen molar-refractivity contribution in [2.75, 3.05) is 19.7 Å². The first-order valence-electron chi connectivity index (χ1n) is 9.24. The molecule has 4 N–H and O–H groups in total. The summed E-state index contributed by atoms with van der Waals surface area (Å²) in [6, 6.07) is 5.38. The van der Waals surface area contributed by atoms with Crippen LogP contribution in [0.1, 0.15) is 43.7 Å². The first-order chi connectivity index (χ1) is 13.0. The van der Waals surface area contributed by atoms with Gasteiger partial charge in [0.25, 0.3) is 0 Å². The number of nitrogens with one attached hydrogen (secondary N) is 2. The topological polar surface area (TPSA) is 93.5 Å². The molecule has 0 radical (unpaired) electrons. The highest BCUT2D eigenvalue weighted by Gasteiger charge is 2.06. The van der Waals surface area contributed by atoms with E-state index in [9.17, 15) is 9.59 Å². The van der Waals surface area contributed by atoms with E-state index in [1.54, 1.807) is 6.92 Å². The van der Waals surface area contributed by atoms with Gasteiger partial charge in [0.2, 0.25) is 11.8 Å². The fourth-order valence-corrected chi connectivity index (χ4v) is 3.00. The number of carbonyl (C=O) groups is 2. The molecule has 0 saturated heterocycles. The second-order valence-corrected chi connectivity index (χ2v) is 6.97. The Morgan fingerprint density at radius 3 is 2.48 bits per heavy atom. The van der Waals surface area contributed by atoms with Crippen LogP contribution in [0.4, 0.5) is 0 Å². The molecule has 0 fully saturated rings. The highest BCUT2D eigenvalue weighted by molar-refractivity contribution is 7.79. The molecule has 0 aliphatic heterocycles. The van der Waals surface area contributed by atoms with Crippen LogP contribution in [0.5, 0.6) is 5.75 Å². The molecule has 8 heteroatoms. The van der Waals surface area contributed by atoms with Crippen molar-refractivity contribution in [1.29, 1.82) is 0 Å². The number of benzene rings is 1. The Hall–Kier alpha value is -1.38. The van der Waals surface area contributed by atoms with E-state index in [1.165, 1.54) is 0 Å². The van der Waals surface area contributed by atoms with E-state index in [1.807, 2.05) is 18.2 Å². The summed E-state index contributed by atoms with van der Waals surface area (Å²) in [7, 11) is 0. The number of nitrogens with two attached hydrogens (primary N) is 1. The second kappa shape index (κ2) is 13.7. The average molecular weight is 414 g/mol. The van der Waals surface area contributed by atoms with E-state index < -0.39 is 6.04 Å². The van der Waals surface area contributed by atoms with Crippen LogP contribution in [0.3, 0.4) is 0 Å². The molecule has 0 spiro atoms. The molecule has 27 heavy (non-hydrogen) atoms. The van der Waals surface area contributed by atoms with Gasteiger partial charge in [-0.15, -0.1) is 0 Å². The van der Waals surface area contributed by atoms with Crippen LogP contribution in [0.25, 0.3) is 0 Å². The van der Waals surface area contributed by atoms with E-state index in [2.05, 4.69) is 35.9 Å². The van der Waals surface area contributed by atoms with Gasteiger partial charge in [0.1, 0.15) is 12.4 Å². The van der Waals surface area contributed by atoms with Gasteiger partial charge in [-0.1, -0.05) is 12.5 Å². The SMILES string of the molecule is C[C@H](N)C(=O)NCCCCCC(=O)NCCOc1ccc(CS)c(CS)c1. The van der Waals surface area contributed by atoms with Crippen molar-refractivity contribution < 1.29 is 14.3 Å². The zero-order chi connectivity index (χ0) is 20.1. The summed E-state index contributed by atoms with van der Waals surface area (Å²) in [6.45, 7) is 3.13. The number of rotatable bonds is 13. The first-order valence-corrected chi connectivity index (χ1v) is 10.5. The second-order valence-electron chi connectivity index (χ2n) is 6.34. The number of hydrogen-bond acceptors (Lipinski definition) is 6. The van der Waals surface area contributed by atoms with Crippen LogP contribution < -0.4 is 21.1 Å². The van der Waals surface area contributed by atoms with Crippen LogP contribution in [0.15, 0.2) is 18.2 Å². The van der Waals surface area contributed by atoms with E-state index >= 15 is 0 Å². The van der Waals surface area contributed by atoms with Crippen molar-refractivity contribution in [1.82, 2.24) is 10.6 Å². The average Bonchev–Trinajstić information content (AvgIpc) is 2.67. The molecule has 1 aromatic rings. The molecule has 0 aromatic heterocycles. The molecule has 0 unspecified atom stereocenters. The monoisotopic (exact) mass is 413 g/mol. The molecule has 0 aliphatic rings. The third-order valence-corrected chi connectivity index (χ3v) is 4.69. The third-order valence-electron chi connectivity index (χ3n) is 4.00. The zero-order valence-electron chi connectivity index (χ0n) is 15.9. The zero-order valence-corrected chi connectivity index (χ0v) is 17.7. The Labute approximate surface area is 172 Å². The van der Waals surface area contributed by atoms with E-state index in [0.717, 1.165) is 36.1 Å². The van der Waals surface area contributed by atoms with Crippen molar-refractivity contribution in [2.45, 2.75) is 50.2 Å². The van der Waals surface area contributed by atoms with Gasteiger partial charge in [0, 0.05) is 24.5 Å². The summed E-state index contributed by atoms with van der Waals surface area (Å²) >= 11 is 8.61. The van der Waals surface area contributed by atoms with Crippen LogP contribution in [0, 0.1) is 0 Å². The largest absolute Gasteiger partial charge is 0.492 e. The number of hydrogen-bond donors (Lipinski definition) is 5. The first kappa shape index (κ1) is 23.7. The lowest BCUT2D eigenvalue weighted by Crippen LogP contribution is -2.38. The lowest BCUT2D eigenvalue weighted by Gasteiger charge is -2.11. The summed E-state index contributed by atoms with van der Waals surface area (Å²) in [5.41, 5.74) is 7.71. The van der Waals surface area contributed by atoms with Crippen molar-refractivity contribution in [2.24, 2.45) is 5.73 Å². The molecule has 1 rings (SSSR count). The molecular weight excluding hydrogens is 382 g/mol. The van der Waals surface area contributed by atoms with Gasteiger partial charge in [-0.05, 0) is 43.0 Å². The fourth-order valence-electron chi connectivity index (χ4n) is 2.40. The maximum absolute atomic E-state index is 11.8. The Morgan fingerprint density at radius 2 is 1.81 bits per heavy atom. The highest BCUT2D eigenvalue weighted by Crippen LogP contribution is 2.20. The van der Waals surface area contributed by atoms with Gasteiger partial charge in [0.05, 0.1) is 12.6 Å². The van der Waals surface area contributed by atoms with Gasteiger partial charge in [-0.2, -0.15) is 25.3 Å². The molecule has 1 aromatic carbocycles. The van der Waals surface area contributed by atoms with Crippen molar-refractivity contribution in [3.63, 3.8) is 0 Å². The van der Waals surface area contributed by atoms with E-state index in [-0.39, 0.29) is 11.8 Å². The predicted molar refractivity (Wildman–Crippen MR) is 115 cm³/mol. The van der Waals surface area contributed by atoms with Crippen molar-refractivity contribution in [3.8, 4) is 5.75 Å². The van der Waals surface area contributed by atoms with Crippen molar-refractivity contribution >= 4 is 37.1 Å². The van der Waals surface area contributed by atoms with Crippen LogP contribution in [-0.4, -0.2) is 37.6 Å². The predicted octanol–water partition coefficient (Wildman–Crippen LogP) is 2.06. The quantitative estimate of drug-likeness (QED) is 0.253. The molecular formula is C19H31N3O3S2. The Balaban J connectivity index is 2.10. The van der Waals surface area contributed by atoms with Gasteiger partial charge in [-0.25, -0.2) is 0 Å². The molecule has 152 valence electrons. The minimum Gasteiger partial charge on any atom is -0.492 e. The lowest BCUT2D eigenvalue weighted by atomic mass is 10.1. The number of amides is 2. The van der Waals surface area contributed by atoms with Crippen LogP contribution in [-0.2, 0) is 21.1 Å². The van der Waals surface area contributed by atoms with Gasteiger partial charge >= 0.3 is 0 Å². The summed E-state index contributed by atoms with van der Waals surface area (Å²) in [6.07, 6.45) is 2.98. The Bertz CT molecular complexity index is 598. The lowest BCUT2D eigenvalue weighted by molar-refractivity contribution is -0.122. The molecule has 0 heterocycles. The van der Waals surface area contributed by atoms with E-state index in [0.29, 0.717) is 37.6 Å². The van der Waals surface area contributed by atoms with E-state index in [4.69, 9.17) is 10.5 Å². The molecule has 2 amide bonds. The smallest absolute Gasteiger partial charge is 0.236 e. The molecule has 6 nitrogen and oxygen atoms in total. The molecule has 0 aliphatic carbocycles. The third kappa shape index (κ3) is 9.93. The van der Waals surface area contributed by atoms with Crippen LogP contribution >= 0.6 is 25.3 Å². The number of thiol groups is 2. The summed E-state index contributed by atoms with van der Waals surface area (Å²) < 4.78 is 5.67. The maximum Gasteiger partial charge on any atom is 0.236 e. The van der Waals surface area contributed by atoms with Gasteiger partial charge in [0.15, 0.2) is 0 Å². The summed E-state index contributed by atoms with van der Waals surface area (Å²) in [5, 5.41) is 5.60. The van der Waals surface area contributed by atoms with Gasteiger partial charge < -0.3 is 21.1 Å². The number of carbonyl (C=O) groups excluding carboxylic acids is 2. The minimum atomic E-state index is -0.483. The van der Waals surface area contributed by atoms with Crippen molar-refractivity contribution in [3.05, 3.63) is 29.3 Å². The standard InChI is InChI=1S/C19H31N3O3S2/c1-14(20)19(24)22-8-4-2-3-5-18(23)21-9-10-25-17-7-6-15(12-26)16(11-17)13-27/h6-7,11,14,26-27H,2-5,8-10,12-13,20H2,1H3,(H,21,23)(H,22,24)/t14-/m0/s1. The fraction of sp³-hybridized carbons (Fsp3) is 0.579. The molecule has 0 bridgehead atoms. The van der Waals surface area contributed by atoms with Gasteiger partial charge in [-0.3, -0.25) is 9.59 Å². The maximum atomic E-state index is 11.8.